The van der Waals surface area contributed by atoms with E-state index < -0.39 is 7.12 Å². The number of rotatable bonds is 5. The SMILES string of the molecule is COc1ccc(B(O)O)c(CNc2ccc(C)cc2)c1. The third-order valence-electron chi connectivity index (χ3n) is 3.16. The Morgan fingerprint density at radius 1 is 1.10 bits per heavy atom. The molecular weight excluding hydrogens is 253 g/mol. The van der Waals surface area contributed by atoms with Crippen molar-refractivity contribution in [2.75, 3.05) is 12.4 Å². The minimum atomic E-state index is -1.49. The maximum absolute atomic E-state index is 9.39. The van der Waals surface area contributed by atoms with Crippen molar-refractivity contribution in [2.45, 2.75) is 13.5 Å². The van der Waals surface area contributed by atoms with Gasteiger partial charge >= 0.3 is 7.12 Å². The summed E-state index contributed by atoms with van der Waals surface area (Å²) in [7, 11) is 0.0948. The molecule has 0 aliphatic carbocycles. The Kier molecular flexibility index (Phi) is 4.66. The molecule has 0 aliphatic heterocycles. The average molecular weight is 271 g/mol. The van der Waals surface area contributed by atoms with Crippen molar-refractivity contribution in [2.24, 2.45) is 0 Å². The van der Waals surface area contributed by atoms with Crippen LogP contribution < -0.4 is 15.5 Å². The summed E-state index contributed by atoms with van der Waals surface area (Å²) in [6, 6.07) is 13.2. The highest BCUT2D eigenvalue weighted by Gasteiger charge is 2.16. The van der Waals surface area contributed by atoms with Crippen LogP contribution in [0.5, 0.6) is 5.75 Å². The molecule has 0 aromatic heterocycles. The van der Waals surface area contributed by atoms with Gasteiger partial charge in [0.15, 0.2) is 0 Å². The Balaban J connectivity index is 2.16. The number of benzene rings is 2. The molecule has 2 rings (SSSR count). The Bertz CT molecular complexity index is 570. The molecule has 104 valence electrons. The molecule has 0 aliphatic rings. The molecule has 5 heteroatoms. The largest absolute Gasteiger partial charge is 0.497 e. The minimum absolute atomic E-state index is 0.477. The molecule has 20 heavy (non-hydrogen) atoms. The summed E-state index contributed by atoms with van der Waals surface area (Å²) in [5.41, 5.74) is 3.45. The lowest BCUT2D eigenvalue weighted by Gasteiger charge is -2.13. The van der Waals surface area contributed by atoms with E-state index in [1.807, 2.05) is 31.2 Å². The zero-order chi connectivity index (χ0) is 14.5. The summed E-state index contributed by atoms with van der Waals surface area (Å²) in [4.78, 5) is 0. The molecule has 0 unspecified atom stereocenters. The first-order chi connectivity index (χ1) is 9.60. The van der Waals surface area contributed by atoms with E-state index >= 15 is 0 Å². The van der Waals surface area contributed by atoms with Gasteiger partial charge in [-0.2, -0.15) is 0 Å². The van der Waals surface area contributed by atoms with Crippen LogP contribution in [0.4, 0.5) is 5.69 Å². The van der Waals surface area contributed by atoms with E-state index in [2.05, 4.69) is 5.32 Å². The fourth-order valence-corrected chi connectivity index (χ4v) is 1.98. The number of anilines is 1. The Hall–Kier alpha value is -1.98. The lowest BCUT2D eigenvalue weighted by molar-refractivity contribution is 0.413. The lowest BCUT2D eigenvalue weighted by Crippen LogP contribution is -2.33. The number of nitrogens with one attached hydrogen (secondary N) is 1. The number of ether oxygens (including phenoxy) is 1. The molecule has 2 aromatic rings. The zero-order valence-corrected chi connectivity index (χ0v) is 11.6. The van der Waals surface area contributed by atoms with Crippen molar-refractivity contribution < 1.29 is 14.8 Å². The molecule has 0 bridgehead atoms. The monoisotopic (exact) mass is 271 g/mol. The Labute approximate surface area is 119 Å². The summed E-state index contributed by atoms with van der Waals surface area (Å²) in [5.74, 6) is 0.690. The van der Waals surface area contributed by atoms with E-state index in [0.29, 0.717) is 17.8 Å². The third kappa shape index (κ3) is 3.53. The topological polar surface area (TPSA) is 61.7 Å². The van der Waals surface area contributed by atoms with Crippen LogP contribution in [0, 0.1) is 6.92 Å². The predicted molar refractivity (Wildman–Crippen MR) is 81.3 cm³/mol. The number of methoxy groups -OCH3 is 1. The molecule has 0 heterocycles. The molecule has 0 fully saturated rings. The van der Waals surface area contributed by atoms with Gasteiger partial charge < -0.3 is 20.1 Å². The summed E-state index contributed by atoms with van der Waals surface area (Å²) in [6.45, 7) is 2.53. The second-order valence-corrected chi connectivity index (χ2v) is 4.66. The van der Waals surface area contributed by atoms with Crippen LogP contribution in [0.2, 0.25) is 0 Å². The van der Waals surface area contributed by atoms with Crippen LogP contribution in [0.25, 0.3) is 0 Å². The molecule has 0 amide bonds. The van der Waals surface area contributed by atoms with E-state index in [1.165, 1.54) is 5.56 Å². The van der Waals surface area contributed by atoms with Gasteiger partial charge in [-0.3, -0.25) is 0 Å². The van der Waals surface area contributed by atoms with Gasteiger partial charge in [-0.1, -0.05) is 23.8 Å². The van der Waals surface area contributed by atoms with E-state index in [0.717, 1.165) is 11.3 Å². The maximum Gasteiger partial charge on any atom is 0.488 e. The summed E-state index contributed by atoms with van der Waals surface area (Å²) in [5, 5.41) is 22.0. The van der Waals surface area contributed by atoms with Gasteiger partial charge in [0.25, 0.3) is 0 Å². The standard InChI is InChI=1S/C15H18BNO3/c1-11-3-5-13(6-4-11)17-10-12-9-14(20-2)7-8-15(12)16(18)19/h3-9,17-19H,10H2,1-2H3. The van der Waals surface area contributed by atoms with Crippen molar-refractivity contribution in [3.63, 3.8) is 0 Å². The van der Waals surface area contributed by atoms with Gasteiger partial charge in [0.2, 0.25) is 0 Å². The maximum atomic E-state index is 9.39. The summed E-state index contributed by atoms with van der Waals surface area (Å²) in [6.07, 6.45) is 0. The van der Waals surface area contributed by atoms with Gasteiger partial charge in [-0.05, 0) is 42.2 Å². The van der Waals surface area contributed by atoms with E-state index in [1.54, 1.807) is 25.3 Å². The first-order valence-electron chi connectivity index (χ1n) is 6.43. The smallest absolute Gasteiger partial charge is 0.488 e. The second kappa shape index (κ2) is 6.46. The zero-order valence-electron chi connectivity index (χ0n) is 11.6. The van der Waals surface area contributed by atoms with Crippen LogP contribution >= 0.6 is 0 Å². The highest BCUT2D eigenvalue weighted by atomic mass is 16.5. The molecule has 0 saturated carbocycles. The quantitative estimate of drug-likeness (QED) is 0.717. The van der Waals surface area contributed by atoms with Gasteiger partial charge in [0, 0.05) is 12.2 Å². The molecule has 0 atom stereocenters. The lowest BCUT2D eigenvalue weighted by atomic mass is 9.77. The minimum Gasteiger partial charge on any atom is -0.497 e. The number of hydrogen-bond acceptors (Lipinski definition) is 4. The van der Waals surface area contributed by atoms with Crippen molar-refractivity contribution in [3.8, 4) is 5.75 Å². The fraction of sp³-hybridized carbons (Fsp3) is 0.200. The van der Waals surface area contributed by atoms with Crippen molar-refractivity contribution in [1.29, 1.82) is 0 Å². The van der Waals surface area contributed by atoms with E-state index in [9.17, 15) is 10.0 Å². The number of aryl methyl sites for hydroxylation is 1. The van der Waals surface area contributed by atoms with Crippen LogP contribution in [-0.2, 0) is 6.54 Å². The first-order valence-corrected chi connectivity index (χ1v) is 6.43. The number of hydrogen-bond donors (Lipinski definition) is 3. The van der Waals surface area contributed by atoms with Gasteiger partial charge in [-0.25, -0.2) is 0 Å². The summed E-state index contributed by atoms with van der Waals surface area (Å²) >= 11 is 0. The highest BCUT2D eigenvalue weighted by molar-refractivity contribution is 6.59. The third-order valence-corrected chi connectivity index (χ3v) is 3.16. The second-order valence-electron chi connectivity index (χ2n) is 4.66. The Morgan fingerprint density at radius 3 is 2.40 bits per heavy atom. The molecular formula is C15H18BNO3. The van der Waals surface area contributed by atoms with Gasteiger partial charge in [0.05, 0.1) is 7.11 Å². The molecule has 0 saturated heterocycles. The molecule has 0 radical (unpaired) electrons. The molecule has 4 nitrogen and oxygen atoms in total. The van der Waals surface area contributed by atoms with Gasteiger partial charge in [0.1, 0.15) is 5.75 Å². The van der Waals surface area contributed by atoms with Crippen molar-refractivity contribution in [1.82, 2.24) is 0 Å². The molecule has 2 aromatic carbocycles. The highest BCUT2D eigenvalue weighted by Crippen LogP contribution is 2.14. The average Bonchev–Trinajstić information content (AvgIpc) is 2.46. The van der Waals surface area contributed by atoms with Crippen molar-refractivity contribution in [3.05, 3.63) is 53.6 Å². The fourth-order valence-electron chi connectivity index (χ4n) is 1.98. The van der Waals surface area contributed by atoms with Crippen LogP contribution in [0.3, 0.4) is 0 Å². The Morgan fingerprint density at radius 2 is 1.80 bits per heavy atom. The normalized spacial score (nSPS) is 10.2. The first kappa shape index (κ1) is 14.4. The van der Waals surface area contributed by atoms with Crippen LogP contribution in [-0.4, -0.2) is 24.3 Å². The molecule has 0 spiro atoms. The van der Waals surface area contributed by atoms with Crippen molar-refractivity contribution >= 4 is 18.3 Å². The van der Waals surface area contributed by atoms with Crippen LogP contribution in [0.1, 0.15) is 11.1 Å². The summed E-state index contributed by atoms with van der Waals surface area (Å²) < 4.78 is 5.17. The predicted octanol–water partition coefficient (Wildman–Crippen LogP) is 1.30. The van der Waals surface area contributed by atoms with Crippen LogP contribution in [0.15, 0.2) is 42.5 Å². The van der Waals surface area contributed by atoms with E-state index in [4.69, 9.17) is 4.74 Å². The molecule has 3 N–H and O–H groups in total. The van der Waals surface area contributed by atoms with E-state index in [-0.39, 0.29) is 0 Å². The van der Waals surface area contributed by atoms with Gasteiger partial charge in [-0.15, -0.1) is 0 Å².